The summed E-state index contributed by atoms with van der Waals surface area (Å²) in [4.78, 5) is 12.2. The number of anilines is 1. The van der Waals surface area contributed by atoms with Gasteiger partial charge in [-0.3, -0.25) is 10.2 Å². The van der Waals surface area contributed by atoms with E-state index in [1.807, 2.05) is 0 Å². The van der Waals surface area contributed by atoms with E-state index < -0.39 is 0 Å². The molecule has 3 N–H and O–H groups in total. The molecule has 2 rings (SSSR count). The number of methoxy groups -OCH3 is 1. The van der Waals surface area contributed by atoms with Gasteiger partial charge in [0, 0.05) is 11.1 Å². The molecule has 20 heavy (non-hydrogen) atoms. The van der Waals surface area contributed by atoms with Gasteiger partial charge in [0.05, 0.1) is 12.8 Å². The zero-order valence-electron chi connectivity index (χ0n) is 11.7. The van der Waals surface area contributed by atoms with Gasteiger partial charge in [-0.05, 0) is 31.0 Å². The Morgan fingerprint density at radius 2 is 2.30 bits per heavy atom. The standard InChI is InChI=1S/C14H20ClN3O2/c1-3-4-10-8-12(18-17-10)14(19)16-11-7-9(15)5-6-13(11)20-2/h5-7,10,12,17-18H,3-4,8H2,1-2H3,(H,16,19). The predicted molar refractivity (Wildman–Crippen MR) is 80.0 cm³/mol. The van der Waals surface area contributed by atoms with E-state index >= 15 is 0 Å². The monoisotopic (exact) mass is 297 g/mol. The lowest BCUT2D eigenvalue weighted by Gasteiger charge is -2.13. The molecule has 2 unspecified atom stereocenters. The van der Waals surface area contributed by atoms with Crippen molar-refractivity contribution in [1.82, 2.24) is 10.9 Å². The Balaban J connectivity index is 2.00. The van der Waals surface area contributed by atoms with Crippen LogP contribution in [0.25, 0.3) is 0 Å². The van der Waals surface area contributed by atoms with Gasteiger partial charge >= 0.3 is 0 Å². The number of rotatable bonds is 5. The molecule has 0 aromatic heterocycles. The molecule has 1 aliphatic heterocycles. The summed E-state index contributed by atoms with van der Waals surface area (Å²) in [6, 6.07) is 5.25. The molecule has 0 saturated carbocycles. The largest absolute Gasteiger partial charge is 0.495 e. The van der Waals surface area contributed by atoms with E-state index in [0.717, 1.165) is 19.3 Å². The van der Waals surface area contributed by atoms with Gasteiger partial charge in [0.2, 0.25) is 5.91 Å². The number of halogens is 1. The first-order valence-corrected chi connectivity index (χ1v) is 7.17. The Hall–Kier alpha value is -1.30. The fourth-order valence-corrected chi connectivity index (χ4v) is 2.50. The van der Waals surface area contributed by atoms with E-state index in [2.05, 4.69) is 23.1 Å². The van der Waals surface area contributed by atoms with Crippen molar-refractivity contribution in [2.75, 3.05) is 12.4 Å². The van der Waals surface area contributed by atoms with E-state index in [0.29, 0.717) is 22.5 Å². The van der Waals surface area contributed by atoms with Crippen LogP contribution in [0.5, 0.6) is 5.75 Å². The van der Waals surface area contributed by atoms with Crippen molar-refractivity contribution in [2.45, 2.75) is 38.3 Å². The first-order valence-electron chi connectivity index (χ1n) is 6.79. The molecule has 0 radical (unpaired) electrons. The molecule has 0 bridgehead atoms. The molecule has 6 heteroatoms. The quantitative estimate of drug-likeness (QED) is 0.780. The Morgan fingerprint density at radius 1 is 1.50 bits per heavy atom. The number of amides is 1. The van der Waals surface area contributed by atoms with E-state index in [1.54, 1.807) is 25.3 Å². The number of carbonyl (C=O) groups is 1. The fraction of sp³-hybridized carbons (Fsp3) is 0.500. The summed E-state index contributed by atoms with van der Waals surface area (Å²) >= 11 is 5.95. The Bertz CT molecular complexity index is 481. The zero-order valence-corrected chi connectivity index (χ0v) is 12.5. The molecular weight excluding hydrogens is 278 g/mol. The molecule has 2 atom stereocenters. The molecule has 1 aromatic carbocycles. The van der Waals surface area contributed by atoms with Gasteiger partial charge in [0.15, 0.2) is 0 Å². The number of nitrogens with one attached hydrogen (secondary N) is 3. The van der Waals surface area contributed by atoms with E-state index in [4.69, 9.17) is 16.3 Å². The van der Waals surface area contributed by atoms with Crippen LogP contribution < -0.4 is 20.9 Å². The second kappa shape index (κ2) is 6.92. The van der Waals surface area contributed by atoms with Crippen LogP contribution in [0.4, 0.5) is 5.69 Å². The lowest BCUT2D eigenvalue weighted by atomic mass is 10.1. The minimum absolute atomic E-state index is 0.0864. The summed E-state index contributed by atoms with van der Waals surface area (Å²) in [6.45, 7) is 2.13. The molecule has 5 nitrogen and oxygen atoms in total. The van der Waals surface area contributed by atoms with Gasteiger partial charge < -0.3 is 10.1 Å². The van der Waals surface area contributed by atoms with Crippen molar-refractivity contribution in [3.63, 3.8) is 0 Å². The second-order valence-electron chi connectivity index (χ2n) is 4.90. The molecular formula is C14H20ClN3O2. The normalized spacial score (nSPS) is 21.8. The average molecular weight is 298 g/mol. The van der Waals surface area contributed by atoms with Gasteiger partial charge in [0.25, 0.3) is 0 Å². The number of hydrogen-bond donors (Lipinski definition) is 3. The Labute approximate surface area is 124 Å². The van der Waals surface area contributed by atoms with Crippen LogP contribution in [-0.2, 0) is 4.79 Å². The molecule has 110 valence electrons. The SMILES string of the molecule is CCCC1CC(C(=O)Nc2cc(Cl)ccc2OC)NN1. The zero-order chi connectivity index (χ0) is 14.5. The first-order chi connectivity index (χ1) is 9.63. The topological polar surface area (TPSA) is 62.4 Å². The lowest BCUT2D eigenvalue weighted by molar-refractivity contribution is -0.117. The average Bonchev–Trinajstić information content (AvgIpc) is 2.88. The van der Waals surface area contributed by atoms with Crippen molar-refractivity contribution >= 4 is 23.2 Å². The van der Waals surface area contributed by atoms with Crippen molar-refractivity contribution in [1.29, 1.82) is 0 Å². The van der Waals surface area contributed by atoms with Gasteiger partial charge in [-0.15, -0.1) is 0 Å². The summed E-state index contributed by atoms with van der Waals surface area (Å²) in [6.07, 6.45) is 2.93. The van der Waals surface area contributed by atoms with E-state index in [1.165, 1.54) is 0 Å². The number of hydrazine groups is 1. The maximum absolute atomic E-state index is 12.2. The van der Waals surface area contributed by atoms with Gasteiger partial charge in [-0.2, -0.15) is 0 Å². The number of hydrogen-bond acceptors (Lipinski definition) is 4. The molecule has 0 aliphatic carbocycles. The van der Waals surface area contributed by atoms with Crippen LogP contribution in [0.15, 0.2) is 18.2 Å². The molecule has 1 aliphatic rings. The predicted octanol–water partition coefficient (Wildman–Crippen LogP) is 2.32. The van der Waals surface area contributed by atoms with Crippen LogP contribution in [0.2, 0.25) is 5.02 Å². The van der Waals surface area contributed by atoms with Crippen molar-refractivity contribution < 1.29 is 9.53 Å². The van der Waals surface area contributed by atoms with Crippen LogP contribution in [-0.4, -0.2) is 25.1 Å². The Morgan fingerprint density at radius 3 is 3.00 bits per heavy atom. The van der Waals surface area contributed by atoms with E-state index in [9.17, 15) is 4.79 Å². The first kappa shape index (κ1) is 15.1. The highest BCUT2D eigenvalue weighted by Crippen LogP contribution is 2.28. The van der Waals surface area contributed by atoms with Crippen molar-refractivity contribution in [3.8, 4) is 5.75 Å². The number of benzene rings is 1. The van der Waals surface area contributed by atoms with Crippen molar-refractivity contribution in [3.05, 3.63) is 23.2 Å². The minimum Gasteiger partial charge on any atom is -0.495 e. The summed E-state index contributed by atoms with van der Waals surface area (Å²) < 4.78 is 5.21. The highest BCUT2D eigenvalue weighted by Gasteiger charge is 2.29. The van der Waals surface area contributed by atoms with Crippen LogP contribution in [0, 0.1) is 0 Å². The third-order valence-corrected chi connectivity index (χ3v) is 3.59. The third-order valence-electron chi connectivity index (χ3n) is 3.35. The van der Waals surface area contributed by atoms with Gasteiger partial charge in [-0.25, -0.2) is 5.43 Å². The van der Waals surface area contributed by atoms with Crippen LogP contribution in [0.1, 0.15) is 26.2 Å². The summed E-state index contributed by atoms with van der Waals surface area (Å²) in [5, 5.41) is 3.41. The maximum Gasteiger partial charge on any atom is 0.243 e. The summed E-state index contributed by atoms with van der Waals surface area (Å²) in [7, 11) is 1.56. The molecule has 1 saturated heterocycles. The highest BCUT2D eigenvalue weighted by molar-refractivity contribution is 6.31. The fourth-order valence-electron chi connectivity index (χ4n) is 2.33. The molecule has 1 heterocycles. The summed E-state index contributed by atoms with van der Waals surface area (Å²) in [5.41, 5.74) is 6.76. The summed E-state index contributed by atoms with van der Waals surface area (Å²) in [5.74, 6) is 0.510. The van der Waals surface area contributed by atoms with Gasteiger partial charge in [0.1, 0.15) is 11.8 Å². The lowest BCUT2D eigenvalue weighted by Crippen LogP contribution is -2.40. The van der Waals surface area contributed by atoms with Gasteiger partial charge in [-0.1, -0.05) is 24.9 Å². The third kappa shape index (κ3) is 3.62. The van der Waals surface area contributed by atoms with Crippen LogP contribution >= 0.6 is 11.6 Å². The highest BCUT2D eigenvalue weighted by atomic mass is 35.5. The smallest absolute Gasteiger partial charge is 0.243 e. The Kier molecular flexibility index (Phi) is 5.23. The molecule has 0 spiro atoms. The maximum atomic E-state index is 12.2. The number of carbonyl (C=O) groups excluding carboxylic acids is 1. The second-order valence-corrected chi connectivity index (χ2v) is 5.33. The minimum atomic E-state index is -0.241. The van der Waals surface area contributed by atoms with Crippen LogP contribution in [0.3, 0.4) is 0 Å². The molecule has 1 aromatic rings. The number of ether oxygens (including phenoxy) is 1. The van der Waals surface area contributed by atoms with Crippen molar-refractivity contribution in [2.24, 2.45) is 0 Å². The van der Waals surface area contributed by atoms with E-state index in [-0.39, 0.29) is 11.9 Å². The molecule has 1 amide bonds. The molecule has 1 fully saturated rings.